The summed E-state index contributed by atoms with van der Waals surface area (Å²) in [7, 11) is 0. The third-order valence-electron chi connectivity index (χ3n) is 4.17. The summed E-state index contributed by atoms with van der Waals surface area (Å²) in [5.74, 6) is 0. The second-order valence-corrected chi connectivity index (χ2v) is 5.93. The quantitative estimate of drug-likeness (QED) is 0.725. The highest BCUT2D eigenvalue weighted by molar-refractivity contribution is 6.31. The molecule has 0 saturated carbocycles. The molecule has 0 unspecified atom stereocenters. The van der Waals surface area contributed by atoms with Crippen LogP contribution in [0.2, 0.25) is 5.02 Å². The smallest absolute Gasteiger partial charge is 0.114 e. The van der Waals surface area contributed by atoms with Crippen molar-refractivity contribution in [2.75, 3.05) is 0 Å². The fraction of sp³-hybridized carbons (Fsp3) is 0.176. The summed E-state index contributed by atoms with van der Waals surface area (Å²) in [6, 6.07) is 9.99. The van der Waals surface area contributed by atoms with E-state index in [1.165, 1.54) is 17.3 Å². The van der Waals surface area contributed by atoms with Crippen molar-refractivity contribution in [3.8, 4) is 17.3 Å². The van der Waals surface area contributed by atoms with Gasteiger partial charge in [-0.15, -0.1) is 5.10 Å². The summed E-state index contributed by atoms with van der Waals surface area (Å²) >= 11 is 6.27. The molecule has 0 N–H and O–H groups in total. The fourth-order valence-corrected chi connectivity index (χ4v) is 3.34. The standard InChI is InChI=1S/C17H12ClN5/c18-15-3-1-2-14-13(15)4-5-17(14)23-10-16(21-22-23)12-6-11(7-19)8-20-9-12/h1-3,6,8-10,17H,4-5H2/t17-/m1/s1. The lowest BCUT2D eigenvalue weighted by Gasteiger charge is -2.11. The summed E-state index contributed by atoms with van der Waals surface area (Å²) in [4.78, 5) is 4.07. The first-order valence-corrected chi connectivity index (χ1v) is 7.68. The predicted molar refractivity (Wildman–Crippen MR) is 85.9 cm³/mol. The van der Waals surface area contributed by atoms with E-state index in [4.69, 9.17) is 16.9 Å². The Bertz CT molecular complexity index is 925. The van der Waals surface area contributed by atoms with Crippen molar-refractivity contribution in [2.45, 2.75) is 18.9 Å². The number of hydrogen-bond donors (Lipinski definition) is 0. The monoisotopic (exact) mass is 321 g/mol. The molecule has 0 radical (unpaired) electrons. The van der Waals surface area contributed by atoms with Gasteiger partial charge in [0, 0.05) is 23.0 Å². The van der Waals surface area contributed by atoms with Crippen LogP contribution in [-0.2, 0) is 6.42 Å². The number of hydrogen-bond acceptors (Lipinski definition) is 4. The van der Waals surface area contributed by atoms with Crippen LogP contribution in [-0.4, -0.2) is 20.0 Å². The third kappa shape index (κ3) is 2.37. The van der Waals surface area contributed by atoms with Crippen LogP contribution in [0.4, 0.5) is 0 Å². The van der Waals surface area contributed by atoms with Crippen molar-refractivity contribution in [3.63, 3.8) is 0 Å². The molecule has 4 rings (SSSR count). The molecule has 0 aliphatic heterocycles. The molecule has 1 aromatic carbocycles. The molecule has 1 aliphatic rings. The van der Waals surface area contributed by atoms with E-state index in [9.17, 15) is 0 Å². The predicted octanol–water partition coefficient (Wildman–Crippen LogP) is 3.40. The van der Waals surface area contributed by atoms with Crippen LogP contribution in [0.5, 0.6) is 0 Å². The Morgan fingerprint density at radius 2 is 2.22 bits per heavy atom. The molecule has 6 heteroatoms. The van der Waals surface area contributed by atoms with Crippen molar-refractivity contribution in [2.24, 2.45) is 0 Å². The minimum atomic E-state index is 0.150. The highest BCUT2D eigenvalue weighted by Crippen LogP contribution is 2.37. The number of halogens is 1. The van der Waals surface area contributed by atoms with Gasteiger partial charge in [0.05, 0.1) is 17.8 Å². The van der Waals surface area contributed by atoms with Gasteiger partial charge in [-0.2, -0.15) is 5.26 Å². The topological polar surface area (TPSA) is 67.4 Å². The minimum absolute atomic E-state index is 0.150. The van der Waals surface area contributed by atoms with Crippen molar-refractivity contribution in [1.82, 2.24) is 20.0 Å². The van der Waals surface area contributed by atoms with E-state index in [0.717, 1.165) is 23.4 Å². The molecule has 0 fully saturated rings. The Balaban J connectivity index is 1.70. The largest absolute Gasteiger partial charge is 0.263 e. The number of fused-ring (bicyclic) bond motifs is 1. The van der Waals surface area contributed by atoms with Crippen molar-refractivity contribution < 1.29 is 0 Å². The zero-order valence-corrected chi connectivity index (χ0v) is 12.9. The molecular weight excluding hydrogens is 310 g/mol. The summed E-state index contributed by atoms with van der Waals surface area (Å²) < 4.78 is 1.87. The Morgan fingerprint density at radius 1 is 1.30 bits per heavy atom. The zero-order chi connectivity index (χ0) is 15.8. The minimum Gasteiger partial charge on any atom is -0.263 e. The van der Waals surface area contributed by atoms with Crippen LogP contribution in [0.3, 0.4) is 0 Å². The number of rotatable bonds is 2. The van der Waals surface area contributed by atoms with Gasteiger partial charge < -0.3 is 0 Å². The van der Waals surface area contributed by atoms with Gasteiger partial charge in [0.25, 0.3) is 0 Å². The highest BCUT2D eigenvalue weighted by atomic mass is 35.5. The molecule has 3 aromatic rings. The van der Waals surface area contributed by atoms with Crippen LogP contribution in [0, 0.1) is 11.3 Å². The molecule has 2 heterocycles. The first kappa shape index (κ1) is 13.9. The lowest BCUT2D eigenvalue weighted by molar-refractivity contribution is 0.504. The molecular formula is C17H12ClN5. The number of benzene rings is 1. The molecule has 0 saturated heterocycles. The molecule has 2 aromatic heterocycles. The van der Waals surface area contributed by atoms with Crippen molar-refractivity contribution >= 4 is 11.6 Å². The van der Waals surface area contributed by atoms with Crippen LogP contribution >= 0.6 is 11.6 Å². The number of pyridine rings is 1. The van der Waals surface area contributed by atoms with Gasteiger partial charge in [-0.25, -0.2) is 4.68 Å². The summed E-state index contributed by atoms with van der Waals surface area (Å²) in [6.07, 6.45) is 7.02. The molecule has 0 bridgehead atoms. The van der Waals surface area contributed by atoms with Crippen LogP contribution in [0.1, 0.15) is 29.2 Å². The van der Waals surface area contributed by atoms with Gasteiger partial charge in [0.2, 0.25) is 0 Å². The number of nitrogens with zero attached hydrogens (tertiary/aromatic N) is 5. The second-order valence-electron chi connectivity index (χ2n) is 5.52. The van der Waals surface area contributed by atoms with Gasteiger partial charge in [0.1, 0.15) is 11.8 Å². The van der Waals surface area contributed by atoms with E-state index in [1.54, 1.807) is 12.3 Å². The summed E-state index contributed by atoms with van der Waals surface area (Å²) in [5.41, 5.74) is 4.42. The van der Waals surface area contributed by atoms with Gasteiger partial charge in [-0.1, -0.05) is 28.9 Å². The van der Waals surface area contributed by atoms with Gasteiger partial charge >= 0.3 is 0 Å². The number of aromatic nitrogens is 4. The Kier molecular flexibility index (Phi) is 3.32. The maximum Gasteiger partial charge on any atom is 0.114 e. The molecule has 0 amide bonds. The van der Waals surface area contributed by atoms with Crippen LogP contribution in [0.15, 0.2) is 42.9 Å². The van der Waals surface area contributed by atoms with Gasteiger partial charge in [-0.3, -0.25) is 4.98 Å². The van der Waals surface area contributed by atoms with E-state index in [-0.39, 0.29) is 6.04 Å². The lowest BCUT2D eigenvalue weighted by atomic mass is 10.1. The second kappa shape index (κ2) is 5.49. The number of nitriles is 1. The van der Waals surface area contributed by atoms with E-state index < -0.39 is 0 Å². The Morgan fingerprint density at radius 3 is 3.09 bits per heavy atom. The normalized spacial score (nSPS) is 16.1. The van der Waals surface area contributed by atoms with Gasteiger partial charge in [-0.05, 0) is 36.1 Å². The average molecular weight is 322 g/mol. The van der Waals surface area contributed by atoms with Crippen molar-refractivity contribution in [1.29, 1.82) is 5.26 Å². The average Bonchev–Trinajstić information content (AvgIpc) is 3.22. The maximum absolute atomic E-state index is 8.98. The first-order valence-electron chi connectivity index (χ1n) is 7.31. The van der Waals surface area contributed by atoms with Gasteiger partial charge in [0.15, 0.2) is 0 Å². The fourth-order valence-electron chi connectivity index (χ4n) is 3.07. The zero-order valence-electron chi connectivity index (χ0n) is 12.1. The Labute approximate surface area is 138 Å². The molecule has 1 atom stereocenters. The van der Waals surface area contributed by atoms with E-state index in [2.05, 4.69) is 27.4 Å². The van der Waals surface area contributed by atoms with Crippen LogP contribution < -0.4 is 0 Å². The maximum atomic E-state index is 8.98. The molecule has 1 aliphatic carbocycles. The van der Waals surface area contributed by atoms with E-state index >= 15 is 0 Å². The lowest BCUT2D eigenvalue weighted by Crippen LogP contribution is -2.07. The third-order valence-corrected chi connectivity index (χ3v) is 4.53. The first-order chi connectivity index (χ1) is 11.3. The molecule has 112 valence electrons. The summed E-state index contributed by atoms with van der Waals surface area (Å²) in [6.45, 7) is 0. The molecule has 0 spiro atoms. The summed E-state index contributed by atoms with van der Waals surface area (Å²) in [5, 5.41) is 18.3. The molecule has 5 nitrogen and oxygen atoms in total. The van der Waals surface area contributed by atoms with E-state index in [0.29, 0.717) is 11.3 Å². The van der Waals surface area contributed by atoms with E-state index in [1.807, 2.05) is 23.0 Å². The van der Waals surface area contributed by atoms with Crippen LogP contribution in [0.25, 0.3) is 11.3 Å². The Hall–Kier alpha value is -2.71. The molecule has 23 heavy (non-hydrogen) atoms. The highest BCUT2D eigenvalue weighted by Gasteiger charge is 2.26. The SMILES string of the molecule is N#Cc1cncc(-c2cn([C@@H]3CCc4c(Cl)cccc43)nn2)c1. The van der Waals surface area contributed by atoms with Crippen molar-refractivity contribution in [3.05, 3.63) is 64.6 Å².